The van der Waals surface area contributed by atoms with Crippen LogP contribution in [0.15, 0.2) is 18.2 Å². The van der Waals surface area contributed by atoms with E-state index in [1.54, 1.807) is 0 Å². The van der Waals surface area contributed by atoms with E-state index >= 15 is 0 Å². The fourth-order valence-electron chi connectivity index (χ4n) is 3.03. The first-order valence-corrected chi connectivity index (χ1v) is 9.69. The molecule has 0 radical (unpaired) electrons. The predicted molar refractivity (Wildman–Crippen MR) is 101 cm³/mol. The van der Waals surface area contributed by atoms with Gasteiger partial charge in [0.1, 0.15) is 36.8 Å². The van der Waals surface area contributed by atoms with Gasteiger partial charge in [0.2, 0.25) is 5.60 Å². The van der Waals surface area contributed by atoms with Crippen molar-refractivity contribution in [3.63, 3.8) is 0 Å². The maximum atomic E-state index is 13.7. The third-order valence-corrected chi connectivity index (χ3v) is 4.75. The molecule has 15 heteroatoms. The van der Waals surface area contributed by atoms with Crippen molar-refractivity contribution in [2.45, 2.75) is 50.4 Å². The van der Waals surface area contributed by atoms with Crippen LogP contribution in [0.5, 0.6) is 5.75 Å². The number of rotatable bonds is 6. The van der Waals surface area contributed by atoms with Crippen molar-refractivity contribution in [3.05, 3.63) is 24.0 Å². The number of hydrogen-bond acceptors (Lipinski definition) is 5. The second kappa shape index (κ2) is 9.64. The highest BCUT2D eigenvalue weighted by molar-refractivity contribution is 6.10. The van der Waals surface area contributed by atoms with Gasteiger partial charge in [-0.15, -0.1) is 0 Å². The number of hydrogen-bond donors (Lipinski definition) is 3. The molecule has 0 fully saturated rings. The molecule has 0 aromatic heterocycles. The number of carbonyl (C=O) groups excluding carboxylic acids is 3. The second-order valence-electron chi connectivity index (χ2n) is 7.54. The average Bonchev–Trinajstić information content (AvgIpc) is 2.80. The van der Waals surface area contributed by atoms with Gasteiger partial charge >= 0.3 is 12.4 Å². The minimum atomic E-state index is -4.96. The fraction of sp³-hybridized carbons (Fsp3) is 0.526. The van der Waals surface area contributed by atoms with E-state index in [-0.39, 0.29) is 17.1 Å². The van der Waals surface area contributed by atoms with Gasteiger partial charge in [-0.05, 0) is 25.5 Å². The molecule has 34 heavy (non-hydrogen) atoms. The molecule has 3 atom stereocenters. The van der Waals surface area contributed by atoms with Gasteiger partial charge in [-0.1, -0.05) is 6.92 Å². The van der Waals surface area contributed by atoms with E-state index in [4.69, 9.17) is 4.74 Å². The summed E-state index contributed by atoms with van der Waals surface area (Å²) in [5.74, 6) is -6.14. The number of amides is 3. The van der Waals surface area contributed by atoms with Crippen LogP contribution in [0.25, 0.3) is 0 Å². The van der Waals surface area contributed by atoms with Crippen molar-refractivity contribution >= 4 is 23.4 Å². The van der Waals surface area contributed by atoms with Gasteiger partial charge in [0, 0.05) is 6.07 Å². The third kappa shape index (κ3) is 6.48. The lowest BCUT2D eigenvalue weighted by Gasteiger charge is -2.30. The monoisotopic (exact) mass is 503 g/mol. The van der Waals surface area contributed by atoms with Gasteiger partial charge in [-0.3, -0.25) is 19.3 Å². The Morgan fingerprint density at radius 3 is 2.26 bits per heavy atom. The van der Waals surface area contributed by atoms with Crippen LogP contribution >= 0.6 is 0 Å². The number of alkyl halides is 6. The van der Waals surface area contributed by atoms with E-state index in [9.17, 15) is 50.2 Å². The van der Waals surface area contributed by atoms with Crippen molar-refractivity contribution in [2.24, 2.45) is 0 Å². The van der Waals surface area contributed by atoms with Crippen molar-refractivity contribution in [1.82, 2.24) is 10.6 Å². The number of ether oxygens (including phenoxy) is 1. The molecule has 190 valence electrons. The van der Waals surface area contributed by atoms with Crippen molar-refractivity contribution < 1.29 is 55.0 Å². The summed E-state index contributed by atoms with van der Waals surface area (Å²) >= 11 is 0. The van der Waals surface area contributed by atoms with Crippen molar-refractivity contribution in [2.75, 3.05) is 18.0 Å². The Morgan fingerprint density at radius 2 is 1.74 bits per heavy atom. The predicted octanol–water partition coefficient (Wildman–Crippen LogP) is 1.81. The van der Waals surface area contributed by atoms with E-state index in [1.165, 1.54) is 12.2 Å². The number of nitrogens with one attached hydrogen (secondary N) is 2. The zero-order chi connectivity index (χ0) is 26.1. The van der Waals surface area contributed by atoms with Crippen LogP contribution in [0.4, 0.5) is 36.4 Å². The minimum absolute atomic E-state index is 0.0875. The Bertz CT molecular complexity index is 949. The number of carbonyl (C=O) groups is 3. The highest BCUT2D eigenvalue weighted by atomic mass is 19.4. The van der Waals surface area contributed by atoms with Gasteiger partial charge in [0.15, 0.2) is 0 Å². The number of fused-ring (bicyclic) bond motifs is 1. The van der Waals surface area contributed by atoms with Gasteiger partial charge in [-0.2, -0.15) is 26.3 Å². The lowest BCUT2D eigenvalue weighted by Crippen LogP contribution is -2.63. The molecule has 0 saturated heterocycles. The quantitative estimate of drug-likeness (QED) is 0.406. The summed E-state index contributed by atoms with van der Waals surface area (Å²) in [6, 6.07) is 0.555. The zero-order valence-electron chi connectivity index (χ0n) is 17.7. The third-order valence-electron chi connectivity index (χ3n) is 4.75. The van der Waals surface area contributed by atoms with E-state index < -0.39 is 72.4 Å². The number of aliphatic hydroxyl groups is 1. The molecule has 3 amide bonds. The molecule has 0 saturated carbocycles. The molecule has 0 spiro atoms. The maximum absolute atomic E-state index is 13.7. The molecule has 0 bridgehead atoms. The SMILES string of the molecule is CCC1Oc2ccc(F)cc2N(CC(F)(F)F)C(=O)C1NC(=O)C(C)(O)C(=O)NCC(F)(F)F. The van der Waals surface area contributed by atoms with Gasteiger partial charge in [0.05, 0.1) is 5.69 Å². The number of halogens is 7. The summed E-state index contributed by atoms with van der Waals surface area (Å²) in [7, 11) is 0. The first-order valence-electron chi connectivity index (χ1n) is 9.69. The Hall–Kier alpha value is -3.10. The highest BCUT2D eigenvalue weighted by Gasteiger charge is 2.47. The first-order chi connectivity index (χ1) is 15.5. The van der Waals surface area contributed by atoms with E-state index in [0.717, 1.165) is 12.1 Å². The second-order valence-corrected chi connectivity index (χ2v) is 7.54. The Kier molecular flexibility index (Phi) is 7.70. The lowest BCUT2D eigenvalue weighted by molar-refractivity contribution is -0.159. The molecule has 1 aliphatic rings. The van der Waals surface area contributed by atoms with Crippen LogP contribution in [0.3, 0.4) is 0 Å². The summed E-state index contributed by atoms with van der Waals surface area (Å²) in [5, 5.41) is 13.4. The topological polar surface area (TPSA) is 108 Å². The largest absolute Gasteiger partial charge is 0.486 e. The van der Waals surface area contributed by atoms with Crippen molar-refractivity contribution in [1.29, 1.82) is 0 Å². The van der Waals surface area contributed by atoms with E-state index in [1.807, 2.05) is 5.32 Å². The van der Waals surface area contributed by atoms with Gasteiger partial charge in [-0.25, -0.2) is 4.39 Å². The lowest BCUT2D eigenvalue weighted by atomic mass is 10.0. The van der Waals surface area contributed by atoms with Gasteiger partial charge in [0.25, 0.3) is 17.7 Å². The molecule has 1 aliphatic heterocycles. The molecule has 3 unspecified atom stereocenters. The summed E-state index contributed by atoms with van der Waals surface area (Å²) in [6.45, 7) is -1.79. The molecule has 8 nitrogen and oxygen atoms in total. The minimum Gasteiger partial charge on any atom is -0.486 e. The van der Waals surface area contributed by atoms with Crippen LogP contribution < -0.4 is 20.3 Å². The maximum Gasteiger partial charge on any atom is 0.406 e. The molecular formula is C19H20F7N3O5. The standard InChI is InChI=1S/C19H20F7N3O5/c1-3-11-13(28-16(32)17(2,33)15(31)27-7-18(21,22)23)14(30)29(8-19(24,25)26)10-6-9(20)4-5-12(10)34-11/h4-6,11,13,33H,3,7-8H2,1-2H3,(H,27,31)(H,28,32). The molecule has 0 aliphatic carbocycles. The Balaban J connectivity index is 2.39. The smallest absolute Gasteiger partial charge is 0.406 e. The van der Waals surface area contributed by atoms with Crippen LogP contribution in [0.1, 0.15) is 20.3 Å². The normalized spacial score (nSPS) is 20.5. The molecule has 2 rings (SSSR count). The Morgan fingerprint density at radius 1 is 1.12 bits per heavy atom. The molecule has 3 N–H and O–H groups in total. The van der Waals surface area contributed by atoms with E-state index in [2.05, 4.69) is 0 Å². The number of anilines is 1. The number of nitrogens with zero attached hydrogens (tertiary/aromatic N) is 1. The molecule has 1 aromatic carbocycles. The highest BCUT2D eigenvalue weighted by Crippen LogP contribution is 2.36. The summed E-state index contributed by atoms with van der Waals surface area (Å²) < 4.78 is 95.8. The van der Waals surface area contributed by atoms with Crippen LogP contribution in [0.2, 0.25) is 0 Å². The average molecular weight is 503 g/mol. The molecule has 1 heterocycles. The first kappa shape index (κ1) is 27.1. The zero-order valence-corrected chi connectivity index (χ0v) is 17.7. The fourth-order valence-corrected chi connectivity index (χ4v) is 3.03. The Labute approximate surface area is 188 Å². The van der Waals surface area contributed by atoms with E-state index in [0.29, 0.717) is 13.0 Å². The van der Waals surface area contributed by atoms with Crippen LogP contribution in [-0.4, -0.2) is 66.0 Å². The molecule has 1 aromatic rings. The van der Waals surface area contributed by atoms with Crippen molar-refractivity contribution in [3.8, 4) is 5.75 Å². The summed E-state index contributed by atoms with van der Waals surface area (Å²) in [4.78, 5) is 37.6. The summed E-state index contributed by atoms with van der Waals surface area (Å²) in [5.41, 5.74) is -3.71. The van der Waals surface area contributed by atoms with Crippen LogP contribution in [-0.2, 0) is 14.4 Å². The molecular weight excluding hydrogens is 483 g/mol. The number of benzene rings is 1. The van der Waals surface area contributed by atoms with Gasteiger partial charge < -0.3 is 20.5 Å². The summed E-state index contributed by atoms with van der Waals surface area (Å²) in [6.07, 6.45) is -11.2. The van der Waals surface area contributed by atoms with Crippen LogP contribution in [0, 0.1) is 5.82 Å².